The van der Waals surface area contributed by atoms with Gasteiger partial charge in [0.2, 0.25) is 5.88 Å². The topological polar surface area (TPSA) is 108 Å². The zero-order valence-electron chi connectivity index (χ0n) is 17.2. The Morgan fingerprint density at radius 1 is 1.21 bits per heavy atom. The zero-order chi connectivity index (χ0) is 21.2. The van der Waals surface area contributed by atoms with Gasteiger partial charge in [-0.3, -0.25) is 19.3 Å². The number of hydrogen-bond donors (Lipinski definition) is 3. The molecule has 29 heavy (non-hydrogen) atoms. The highest BCUT2D eigenvalue weighted by molar-refractivity contribution is 5.81. The molecule has 0 amide bonds. The van der Waals surface area contributed by atoms with Gasteiger partial charge in [0, 0.05) is 12.8 Å². The number of benzene rings is 1. The maximum absolute atomic E-state index is 12.2. The number of aromatic nitrogens is 2. The highest BCUT2D eigenvalue weighted by atomic mass is 16.3. The number of aliphatic hydroxyl groups is 1. The van der Waals surface area contributed by atoms with E-state index in [0.717, 1.165) is 23.0 Å². The van der Waals surface area contributed by atoms with Crippen LogP contribution in [0, 0.1) is 10.8 Å². The molecule has 0 spiro atoms. The van der Waals surface area contributed by atoms with E-state index in [1.54, 1.807) is 0 Å². The predicted octanol–water partition coefficient (Wildman–Crippen LogP) is 2.29. The second kappa shape index (κ2) is 7.99. The molecule has 7 heteroatoms. The maximum atomic E-state index is 12.2. The third kappa shape index (κ3) is 5.03. The molecular weight excluding hydrogens is 370 g/mol. The first-order valence-corrected chi connectivity index (χ1v) is 9.87. The number of nitrogens with one attached hydrogen (secondary N) is 1. The second-order valence-electron chi connectivity index (χ2n) is 9.25. The molecule has 2 aromatic rings. The molecule has 1 aromatic heterocycles. The Bertz CT molecular complexity index is 1010. The van der Waals surface area contributed by atoms with Crippen LogP contribution in [-0.4, -0.2) is 38.6 Å². The van der Waals surface area contributed by atoms with Crippen molar-refractivity contribution in [1.29, 1.82) is 0 Å². The van der Waals surface area contributed by atoms with Gasteiger partial charge < -0.3 is 10.2 Å². The molecule has 156 valence electrons. The fraction of sp³-hybridized carbons (Fsp3) is 0.500. The normalized spacial score (nSPS) is 24.1. The molecule has 1 aliphatic rings. The maximum Gasteiger partial charge on any atom is 0.331 e. The summed E-state index contributed by atoms with van der Waals surface area (Å²) in [5.41, 5.74) is -0.735. The lowest BCUT2D eigenvalue weighted by molar-refractivity contribution is -0.00472. The van der Waals surface area contributed by atoms with Gasteiger partial charge in [0.25, 0.3) is 5.56 Å². The van der Waals surface area contributed by atoms with Crippen molar-refractivity contribution >= 4 is 6.21 Å². The fourth-order valence-electron chi connectivity index (χ4n) is 4.66. The summed E-state index contributed by atoms with van der Waals surface area (Å²) in [6.07, 6.45) is 3.27. The van der Waals surface area contributed by atoms with Gasteiger partial charge in [-0.1, -0.05) is 51.1 Å². The smallest absolute Gasteiger partial charge is 0.331 e. The van der Waals surface area contributed by atoms with Crippen LogP contribution in [0.1, 0.15) is 51.2 Å². The van der Waals surface area contributed by atoms with Crippen molar-refractivity contribution in [2.75, 3.05) is 6.54 Å². The summed E-state index contributed by atoms with van der Waals surface area (Å²) in [6, 6.07) is 9.21. The van der Waals surface area contributed by atoms with Crippen molar-refractivity contribution < 1.29 is 10.2 Å². The largest absolute Gasteiger partial charge is 0.494 e. The molecule has 1 fully saturated rings. The van der Waals surface area contributed by atoms with E-state index in [1.807, 2.05) is 30.3 Å². The van der Waals surface area contributed by atoms with Gasteiger partial charge >= 0.3 is 5.69 Å². The lowest BCUT2D eigenvalue weighted by atomic mass is 9.63. The summed E-state index contributed by atoms with van der Waals surface area (Å²) in [5, 5.41) is 20.8. The van der Waals surface area contributed by atoms with Crippen LogP contribution in [0.25, 0.3) is 0 Å². The molecule has 2 atom stereocenters. The molecule has 3 rings (SSSR count). The summed E-state index contributed by atoms with van der Waals surface area (Å²) in [7, 11) is 0. The molecule has 0 aliphatic heterocycles. The Labute approximate surface area is 169 Å². The average Bonchev–Trinajstić information content (AvgIpc) is 2.60. The predicted molar refractivity (Wildman–Crippen MR) is 113 cm³/mol. The van der Waals surface area contributed by atoms with Crippen molar-refractivity contribution in [3.8, 4) is 5.88 Å². The van der Waals surface area contributed by atoms with Gasteiger partial charge in [0.1, 0.15) is 5.56 Å². The summed E-state index contributed by atoms with van der Waals surface area (Å²) >= 11 is 0. The third-order valence-corrected chi connectivity index (χ3v) is 5.51. The van der Waals surface area contributed by atoms with E-state index in [-0.39, 0.29) is 29.0 Å². The minimum Gasteiger partial charge on any atom is -0.494 e. The number of H-pyrrole nitrogens is 1. The number of nitrogens with zero attached hydrogens (tertiary/aromatic N) is 2. The van der Waals surface area contributed by atoms with E-state index in [2.05, 4.69) is 30.7 Å². The standard InChI is InChI=1S/C22H29N3O4/c1-21(2)9-16(26)10-22(3,13-21)14-23-11-17-18(27)24-20(29)25(19(17)28)12-15-7-5-4-6-8-15/h4-8,11,16,26,28H,9-10,12-14H2,1-3H3,(H,24,27,29)/t16-,22-/m0/s1. The molecule has 0 saturated heterocycles. The van der Waals surface area contributed by atoms with Gasteiger partial charge in [-0.25, -0.2) is 4.79 Å². The molecule has 0 unspecified atom stereocenters. The zero-order valence-corrected chi connectivity index (χ0v) is 17.2. The van der Waals surface area contributed by atoms with Crippen molar-refractivity contribution in [2.24, 2.45) is 15.8 Å². The van der Waals surface area contributed by atoms with Crippen LogP contribution < -0.4 is 11.2 Å². The van der Waals surface area contributed by atoms with Crippen molar-refractivity contribution in [3.63, 3.8) is 0 Å². The molecular formula is C22H29N3O4. The molecule has 1 aliphatic carbocycles. The van der Waals surface area contributed by atoms with Crippen LogP contribution in [0.2, 0.25) is 0 Å². The molecule has 1 aromatic carbocycles. The first kappa shape index (κ1) is 21.0. The van der Waals surface area contributed by atoms with E-state index in [1.165, 1.54) is 6.21 Å². The Kier molecular flexibility index (Phi) is 5.80. The van der Waals surface area contributed by atoms with Gasteiger partial charge in [0.15, 0.2) is 0 Å². The minimum atomic E-state index is -0.672. The van der Waals surface area contributed by atoms with Crippen LogP contribution in [-0.2, 0) is 6.54 Å². The molecule has 1 heterocycles. The van der Waals surface area contributed by atoms with Crippen LogP contribution in [0.15, 0.2) is 44.9 Å². The number of aromatic hydroxyl groups is 1. The van der Waals surface area contributed by atoms with Gasteiger partial charge in [-0.05, 0) is 35.7 Å². The van der Waals surface area contributed by atoms with Crippen LogP contribution in [0.5, 0.6) is 5.88 Å². The van der Waals surface area contributed by atoms with Gasteiger partial charge in [-0.2, -0.15) is 0 Å². The summed E-state index contributed by atoms with van der Waals surface area (Å²) < 4.78 is 1.12. The van der Waals surface area contributed by atoms with Crippen LogP contribution in [0.3, 0.4) is 0 Å². The van der Waals surface area contributed by atoms with Crippen LogP contribution in [0.4, 0.5) is 0 Å². The summed E-state index contributed by atoms with van der Waals surface area (Å²) in [4.78, 5) is 31.0. The van der Waals surface area contributed by atoms with Crippen molar-refractivity contribution in [2.45, 2.75) is 52.7 Å². The first-order valence-electron chi connectivity index (χ1n) is 9.87. The second-order valence-corrected chi connectivity index (χ2v) is 9.25. The third-order valence-electron chi connectivity index (χ3n) is 5.51. The highest BCUT2D eigenvalue weighted by Crippen LogP contribution is 2.46. The van der Waals surface area contributed by atoms with Crippen LogP contribution >= 0.6 is 0 Å². The minimum absolute atomic E-state index is 0.0183. The van der Waals surface area contributed by atoms with Crippen molar-refractivity contribution in [3.05, 3.63) is 62.3 Å². The number of hydrogen-bond acceptors (Lipinski definition) is 5. The Morgan fingerprint density at radius 2 is 1.90 bits per heavy atom. The lowest BCUT2D eigenvalue weighted by Gasteiger charge is -2.44. The SMILES string of the molecule is CC1(C)C[C@H](O)C[C@](C)(CN=Cc2c(O)n(Cc3ccccc3)c(=O)[nH]c2=O)C1. The van der Waals surface area contributed by atoms with E-state index < -0.39 is 17.1 Å². The van der Waals surface area contributed by atoms with Gasteiger partial charge in [0.05, 0.1) is 12.6 Å². The molecule has 1 saturated carbocycles. The van der Waals surface area contributed by atoms with E-state index in [9.17, 15) is 19.8 Å². The number of aliphatic imine (C=N–C) groups is 1. The monoisotopic (exact) mass is 399 g/mol. The van der Waals surface area contributed by atoms with E-state index in [4.69, 9.17) is 0 Å². The van der Waals surface area contributed by atoms with E-state index in [0.29, 0.717) is 13.0 Å². The average molecular weight is 399 g/mol. The molecule has 0 radical (unpaired) electrons. The lowest BCUT2D eigenvalue weighted by Crippen LogP contribution is -2.40. The summed E-state index contributed by atoms with van der Waals surface area (Å²) in [5.74, 6) is -0.402. The number of aliphatic hydroxyl groups excluding tert-OH is 1. The van der Waals surface area contributed by atoms with Crippen molar-refractivity contribution in [1.82, 2.24) is 9.55 Å². The molecule has 7 nitrogen and oxygen atoms in total. The highest BCUT2D eigenvalue weighted by Gasteiger charge is 2.40. The number of aromatic amines is 1. The first-order chi connectivity index (χ1) is 13.6. The Balaban J connectivity index is 1.84. The fourth-order valence-corrected chi connectivity index (χ4v) is 4.66. The number of rotatable bonds is 5. The van der Waals surface area contributed by atoms with Gasteiger partial charge in [-0.15, -0.1) is 0 Å². The Hall–Kier alpha value is -2.67. The molecule has 0 bridgehead atoms. The quantitative estimate of drug-likeness (QED) is 0.671. The molecule has 3 N–H and O–H groups in total. The summed E-state index contributed by atoms with van der Waals surface area (Å²) in [6.45, 7) is 6.90. The van der Waals surface area contributed by atoms with E-state index >= 15 is 0 Å². The Morgan fingerprint density at radius 3 is 2.55 bits per heavy atom.